The summed E-state index contributed by atoms with van der Waals surface area (Å²) in [5, 5.41) is 25.1. The number of nitrogens with one attached hydrogen (secondary N) is 1. The number of phenols is 1. The van der Waals surface area contributed by atoms with Gasteiger partial charge in [0.05, 0.1) is 0 Å². The van der Waals surface area contributed by atoms with Gasteiger partial charge in [0, 0.05) is 17.5 Å². The second-order valence-corrected chi connectivity index (χ2v) is 4.70. The molecule has 0 aliphatic rings. The highest BCUT2D eigenvalue weighted by Crippen LogP contribution is 2.16. The van der Waals surface area contributed by atoms with Crippen LogP contribution in [0.1, 0.15) is 5.56 Å². The number of hydrogen-bond donors (Lipinski definition) is 3. The largest absolute Gasteiger partial charge is 0.508 e. The summed E-state index contributed by atoms with van der Waals surface area (Å²) < 4.78 is 0. The Morgan fingerprint density at radius 1 is 1.28 bits per heavy atom. The predicted octanol–water partition coefficient (Wildman–Crippen LogP) is 2.56. The van der Waals surface area contributed by atoms with Crippen molar-refractivity contribution < 1.29 is 15.0 Å². The lowest BCUT2D eigenvalue weighted by molar-refractivity contribution is -0.137. The molecule has 4 nitrogen and oxygen atoms in total. The van der Waals surface area contributed by atoms with Crippen LogP contribution in [0.2, 0.25) is 0 Å². The van der Waals surface area contributed by atoms with Gasteiger partial charge < -0.3 is 15.5 Å². The van der Waals surface area contributed by atoms with Crippen LogP contribution >= 0.6 is 11.3 Å². The first-order valence-electron chi connectivity index (χ1n) is 5.44. The van der Waals surface area contributed by atoms with Gasteiger partial charge in [-0.1, -0.05) is 12.1 Å². The maximum atomic E-state index is 11.2. The van der Waals surface area contributed by atoms with Crippen LogP contribution in [0.25, 0.3) is 0 Å². The number of aromatic hydroxyl groups is 1. The number of carboxylic acid groups (broad SMARTS) is 1. The van der Waals surface area contributed by atoms with Gasteiger partial charge in [-0.05, 0) is 29.1 Å². The summed E-state index contributed by atoms with van der Waals surface area (Å²) in [4.78, 5) is 11.2. The smallest absolute Gasteiger partial charge is 0.326 e. The lowest BCUT2D eigenvalue weighted by Crippen LogP contribution is -2.31. The van der Waals surface area contributed by atoms with E-state index < -0.39 is 12.0 Å². The third-order valence-electron chi connectivity index (χ3n) is 2.54. The number of thiophene rings is 1. The van der Waals surface area contributed by atoms with E-state index in [0.717, 1.165) is 11.3 Å². The van der Waals surface area contributed by atoms with Gasteiger partial charge in [-0.3, -0.25) is 0 Å². The highest BCUT2D eigenvalue weighted by Gasteiger charge is 2.17. The molecule has 1 unspecified atom stereocenters. The molecule has 18 heavy (non-hydrogen) atoms. The summed E-state index contributed by atoms with van der Waals surface area (Å²) in [7, 11) is 0. The standard InChI is InChI=1S/C13H13NO3S/c15-11-3-1-9(2-4-11)7-12(13(16)17)14-10-5-6-18-8-10/h1-6,8,12,14-15H,7H2,(H,16,17). The second kappa shape index (κ2) is 5.55. The quantitative estimate of drug-likeness (QED) is 0.775. The Morgan fingerprint density at radius 3 is 2.56 bits per heavy atom. The molecule has 0 bridgehead atoms. The molecule has 94 valence electrons. The monoisotopic (exact) mass is 263 g/mol. The third-order valence-corrected chi connectivity index (χ3v) is 3.22. The summed E-state index contributed by atoms with van der Waals surface area (Å²) in [5.74, 6) is -0.717. The fraction of sp³-hybridized carbons (Fsp3) is 0.154. The molecule has 1 aromatic heterocycles. The number of carboxylic acids is 1. The Kier molecular flexibility index (Phi) is 3.84. The van der Waals surface area contributed by atoms with E-state index in [1.54, 1.807) is 24.3 Å². The summed E-state index contributed by atoms with van der Waals surface area (Å²) in [6, 6.07) is 7.72. The van der Waals surface area contributed by atoms with Gasteiger partial charge in [-0.25, -0.2) is 4.79 Å². The van der Waals surface area contributed by atoms with E-state index in [1.807, 2.05) is 16.8 Å². The van der Waals surface area contributed by atoms with Crippen LogP contribution in [0.5, 0.6) is 5.75 Å². The average molecular weight is 263 g/mol. The molecule has 1 atom stereocenters. The number of carbonyl (C=O) groups is 1. The number of benzene rings is 1. The zero-order valence-corrected chi connectivity index (χ0v) is 10.4. The number of phenolic OH excluding ortho intramolecular Hbond substituents is 1. The van der Waals surface area contributed by atoms with Crippen LogP contribution in [0.3, 0.4) is 0 Å². The molecule has 2 rings (SSSR count). The van der Waals surface area contributed by atoms with E-state index in [9.17, 15) is 15.0 Å². The van der Waals surface area contributed by atoms with Crippen molar-refractivity contribution in [2.45, 2.75) is 12.5 Å². The highest BCUT2D eigenvalue weighted by molar-refractivity contribution is 7.08. The molecule has 2 aromatic rings. The molecule has 0 amide bonds. The second-order valence-electron chi connectivity index (χ2n) is 3.92. The van der Waals surface area contributed by atoms with Crippen LogP contribution in [0.4, 0.5) is 5.69 Å². The molecule has 1 aromatic carbocycles. The Balaban J connectivity index is 2.06. The van der Waals surface area contributed by atoms with Gasteiger partial charge in [-0.15, -0.1) is 0 Å². The van der Waals surface area contributed by atoms with Crippen molar-refractivity contribution >= 4 is 23.0 Å². The maximum absolute atomic E-state index is 11.2. The molecule has 0 radical (unpaired) electrons. The summed E-state index contributed by atoms with van der Waals surface area (Å²) in [5.41, 5.74) is 1.68. The number of anilines is 1. The molecule has 0 spiro atoms. The van der Waals surface area contributed by atoms with Crippen molar-refractivity contribution in [1.82, 2.24) is 0 Å². The normalized spacial score (nSPS) is 12.0. The van der Waals surface area contributed by atoms with Crippen LogP contribution in [0.15, 0.2) is 41.1 Å². The highest BCUT2D eigenvalue weighted by atomic mass is 32.1. The Morgan fingerprint density at radius 2 is 2.00 bits per heavy atom. The lowest BCUT2D eigenvalue weighted by atomic mass is 10.1. The molecule has 0 saturated carbocycles. The van der Waals surface area contributed by atoms with Crippen molar-refractivity contribution in [1.29, 1.82) is 0 Å². The predicted molar refractivity (Wildman–Crippen MR) is 71.2 cm³/mol. The first-order chi connectivity index (χ1) is 8.65. The minimum absolute atomic E-state index is 0.177. The molecule has 5 heteroatoms. The van der Waals surface area contributed by atoms with Crippen LogP contribution < -0.4 is 5.32 Å². The molecular weight excluding hydrogens is 250 g/mol. The molecule has 1 heterocycles. The van der Waals surface area contributed by atoms with Gasteiger partial charge in [0.25, 0.3) is 0 Å². The van der Waals surface area contributed by atoms with Crippen molar-refractivity contribution in [3.8, 4) is 5.75 Å². The van der Waals surface area contributed by atoms with Crippen LogP contribution in [-0.2, 0) is 11.2 Å². The number of rotatable bonds is 5. The molecule has 0 aliphatic heterocycles. The average Bonchev–Trinajstić information content (AvgIpc) is 2.84. The summed E-state index contributed by atoms with van der Waals surface area (Å²) in [6.45, 7) is 0. The van der Waals surface area contributed by atoms with Gasteiger partial charge >= 0.3 is 5.97 Å². The van der Waals surface area contributed by atoms with Gasteiger partial charge in [-0.2, -0.15) is 11.3 Å². The number of aliphatic carboxylic acids is 1. The van der Waals surface area contributed by atoms with Gasteiger partial charge in [0.15, 0.2) is 0 Å². The van der Waals surface area contributed by atoms with E-state index in [4.69, 9.17) is 0 Å². The SMILES string of the molecule is O=C(O)C(Cc1ccc(O)cc1)Nc1ccsc1. The summed E-state index contributed by atoms with van der Waals surface area (Å²) >= 11 is 1.51. The van der Waals surface area contributed by atoms with Gasteiger partial charge in [0.1, 0.15) is 11.8 Å². The zero-order chi connectivity index (χ0) is 13.0. The van der Waals surface area contributed by atoms with E-state index >= 15 is 0 Å². The van der Waals surface area contributed by atoms with Crippen molar-refractivity contribution in [3.05, 3.63) is 46.7 Å². The van der Waals surface area contributed by atoms with E-state index in [1.165, 1.54) is 11.3 Å². The first kappa shape index (κ1) is 12.4. The molecule has 0 aliphatic carbocycles. The molecular formula is C13H13NO3S. The Bertz CT molecular complexity index is 508. The van der Waals surface area contributed by atoms with E-state index in [2.05, 4.69) is 5.32 Å². The molecule has 0 fully saturated rings. The maximum Gasteiger partial charge on any atom is 0.326 e. The topological polar surface area (TPSA) is 69.6 Å². The van der Waals surface area contributed by atoms with Crippen molar-refractivity contribution in [2.24, 2.45) is 0 Å². The molecule has 3 N–H and O–H groups in total. The summed E-state index contributed by atoms with van der Waals surface area (Å²) in [6.07, 6.45) is 0.367. The minimum Gasteiger partial charge on any atom is -0.508 e. The van der Waals surface area contributed by atoms with Gasteiger partial charge in [0.2, 0.25) is 0 Å². The fourth-order valence-corrected chi connectivity index (χ4v) is 2.21. The van der Waals surface area contributed by atoms with Crippen LogP contribution in [-0.4, -0.2) is 22.2 Å². The van der Waals surface area contributed by atoms with E-state index in [-0.39, 0.29) is 5.75 Å². The molecule has 0 saturated heterocycles. The van der Waals surface area contributed by atoms with E-state index in [0.29, 0.717) is 6.42 Å². The Labute approximate surface area is 109 Å². The van der Waals surface area contributed by atoms with Crippen molar-refractivity contribution in [3.63, 3.8) is 0 Å². The lowest BCUT2D eigenvalue weighted by Gasteiger charge is -2.14. The Hall–Kier alpha value is -2.01. The minimum atomic E-state index is -0.894. The first-order valence-corrected chi connectivity index (χ1v) is 6.39. The number of hydrogen-bond acceptors (Lipinski definition) is 4. The third kappa shape index (κ3) is 3.24. The van der Waals surface area contributed by atoms with Crippen LogP contribution in [0, 0.1) is 0 Å². The fourth-order valence-electron chi connectivity index (χ4n) is 1.62. The zero-order valence-electron chi connectivity index (χ0n) is 9.54. The van der Waals surface area contributed by atoms with Crippen molar-refractivity contribution in [2.75, 3.05) is 5.32 Å².